The standard InChI is InChI=1S/C33H27F2N7O3/c34-26-4-6-30(44-18-22-2-1-20(14-36)13-27(22)35)40-31(26)21-8-11-41(12-9-21)17-29-39-28-5-3-25-24(7-10-38-33(25)43)32(28)42(29)16-23-15-37-19-45-23/h1-7,10,13,15,19,21H,8-9,11-12,16-18H2,(H,38,43). The molecule has 7 rings (SSSR count). The Morgan fingerprint density at radius 3 is 2.67 bits per heavy atom. The summed E-state index contributed by atoms with van der Waals surface area (Å²) >= 11 is 0. The Hall–Kier alpha value is -5.41. The van der Waals surface area contributed by atoms with Gasteiger partial charge in [0.05, 0.1) is 47.6 Å². The van der Waals surface area contributed by atoms with Crippen LogP contribution in [-0.4, -0.2) is 42.5 Å². The molecule has 0 saturated carbocycles. The number of hydrogen-bond acceptors (Lipinski definition) is 8. The van der Waals surface area contributed by atoms with Crippen LogP contribution >= 0.6 is 0 Å². The highest BCUT2D eigenvalue weighted by Gasteiger charge is 2.26. The quantitative estimate of drug-likeness (QED) is 0.243. The van der Waals surface area contributed by atoms with Crippen LogP contribution in [0.2, 0.25) is 0 Å². The van der Waals surface area contributed by atoms with Crippen molar-refractivity contribution >= 4 is 21.8 Å². The summed E-state index contributed by atoms with van der Waals surface area (Å²) in [5, 5.41) is 10.3. The molecule has 12 heteroatoms. The van der Waals surface area contributed by atoms with Gasteiger partial charge in [0.15, 0.2) is 6.39 Å². The van der Waals surface area contributed by atoms with Crippen molar-refractivity contribution in [2.24, 2.45) is 0 Å². The maximum atomic E-state index is 14.9. The van der Waals surface area contributed by atoms with Gasteiger partial charge in [-0.3, -0.25) is 9.69 Å². The van der Waals surface area contributed by atoms with Gasteiger partial charge in [-0.05, 0) is 62.3 Å². The largest absolute Gasteiger partial charge is 0.473 e. The van der Waals surface area contributed by atoms with Gasteiger partial charge < -0.3 is 18.7 Å². The second kappa shape index (κ2) is 11.9. The van der Waals surface area contributed by atoms with Gasteiger partial charge >= 0.3 is 0 Å². The van der Waals surface area contributed by atoms with E-state index < -0.39 is 11.6 Å². The number of aromatic nitrogens is 5. The number of rotatable bonds is 8. The second-order valence-electron chi connectivity index (χ2n) is 11.1. The minimum absolute atomic E-state index is 0.0905. The molecular formula is C33H27F2N7O3. The van der Waals surface area contributed by atoms with Crippen LogP contribution in [0.15, 0.2) is 76.5 Å². The minimum atomic E-state index is -0.542. The number of hydrogen-bond donors (Lipinski definition) is 1. The second-order valence-corrected chi connectivity index (χ2v) is 11.1. The van der Waals surface area contributed by atoms with Gasteiger partial charge in [-0.2, -0.15) is 5.26 Å². The number of nitrogens with zero attached hydrogens (tertiary/aromatic N) is 6. The number of oxazole rings is 1. The van der Waals surface area contributed by atoms with Crippen molar-refractivity contribution in [2.45, 2.75) is 38.5 Å². The van der Waals surface area contributed by atoms with Crippen molar-refractivity contribution in [1.82, 2.24) is 29.4 Å². The molecule has 0 atom stereocenters. The van der Waals surface area contributed by atoms with Crippen LogP contribution in [0.3, 0.4) is 0 Å². The first kappa shape index (κ1) is 28.4. The lowest BCUT2D eigenvalue weighted by molar-refractivity contribution is 0.194. The Morgan fingerprint density at radius 1 is 1.02 bits per heavy atom. The molecule has 0 amide bonds. The molecule has 45 heavy (non-hydrogen) atoms. The third kappa shape index (κ3) is 5.65. The highest BCUT2D eigenvalue weighted by atomic mass is 19.1. The van der Waals surface area contributed by atoms with Gasteiger partial charge in [-0.15, -0.1) is 0 Å². The van der Waals surface area contributed by atoms with E-state index in [2.05, 4.69) is 24.4 Å². The molecule has 10 nitrogen and oxygen atoms in total. The number of nitrogens with one attached hydrogen (secondary N) is 1. The van der Waals surface area contributed by atoms with E-state index in [0.717, 1.165) is 28.3 Å². The zero-order valence-corrected chi connectivity index (χ0v) is 24.0. The maximum absolute atomic E-state index is 14.9. The van der Waals surface area contributed by atoms with Crippen LogP contribution < -0.4 is 10.3 Å². The van der Waals surface area contributed by atoms with E-state index in [0.29, 0.717) is 55.9 Å². The number of likely N-dealkylation sites (tertiary alicyclic amines) is 1. The Kier molecular flexibility index (Phi) is 7.52. The predicted octanol–water partition coefficient (Wildman–Crippen LogP) is 5.42. The smallest absolute Gasteiger partial charge is 0.255 e. The lowest BCUT2D eigenvalue weighted by Crippen LogP contribution is -2.34. The summed E-state index contributed by atoms with van der Waals surface area (Å²) in [4.78, 5) is 31.0. The summed E-state index contributed by atoms with van der Waals surface area (Å²) in [5.41, 5.74) is 2.31. The number of benzene rings is 2. The number of aromatic amines is 1. The first-order chi connectivity index (χ1) is 22.0. The summed E-state index contributed by atoms with van der Waals surface area (Å²) in [6.45, 7) is 2.25. The van der Waals surface area contributed by atoms with Crippen molar-refractivity contribution < 1.29 is 17.9 Å². The number of nitriles is 1. The van der Waals surface area contributed by atoms with E-state index in [1.807, 2.05) is 18.2 Å². The molecular weight excluding hydrogens is 580 g/mol. The highest BCUT2D eigenvalue weighted by molar-refractivity contribution is 6.04. The molecule has 0 bridgehead atoms. The first-order valence-corrected chi connectivity index (χ1v) is 14.5. The summed E-state index contributed by atoms with van der Waals surface area (Å²) in [6.07, 6.45) is 6.05. The molecule has 5 heterocycles. The number of piperidine rings is 1. The average Bonchev–Trinajstić information content (AvgIpc) is 3.70. The molecule has 0 radical (unpaired) electrons. The molecule has 1 aliphatic heterocycles. The number of pyridine rings is 2. The fourth-order valence-electron chi connectivity index (χ4n) is 5.97. The fraction of sp³-hybridized carbons (Fsp3) is 0.242. The highest BCUT2D eigenvalue weighted by Crippen LogP contribution is 2.32. The summed E-state index contributed by atoms with van der Waals surface area (Å²) < 4.78 is 42.6. The fourth-order valence-corrected chi connectivity index (χ4v) is 5.97. The van der Waals surface area contributed by atoms with E-state index in [1.165, 1.54) is 30.7 Å². The van der Waals surface area contributed by atoms with Crippen molar-refractivity contribution in [3.8, 4) is 11.9 Å². The Bertz CT molecular complexity index is 2110. The van der Waals surface area contributed by atoms with Crippen LogP contribution in [0, 0.1) is 23.0 Å². The summed E-state index contributed by atoms with van der Waals surface area (Å²) in [6, 6.07) is 14.4. The zero-order valence-electron chi connectivity index (χ0n) is 24.0. The SMILES string of the molecule is N#Cc1ccc(COc2ccc(F)c(C3CCN(Cc4nc5ccc6c(=O)[nH]ccc6c5n4Cc4cnco4)CC3)n2)c(F)c1. The maximum Gasteiger partial charge on any atom is 0.255 e. The van der Waals surface area contributed by atoms with Crippen molar-refractivity contribution in [3.63, 3.8) is 0 Å². The van der Waals surface area contributed by atoms with E-state index in [9.17, 15) is 13.6 Å². The normalized spacial score (nSPS) is 14.2. The molecule has 0 aliphatic carbocycles. The average molecular weight is 608 g/mol. The van der Waals surface area contributed by atoms with E-state index in [-0.39, 0.29) is 35.1 Å². The van der Waals surface area contributed by atoms with Crippen molar-refractivity contribution in [1.29, 1.82) is 5.26 Å². The van der Waals surface area contributed by atoms with Crippen LogP contribution in [-0.2, 0) is 19.7 Å². The number of H-pyrrole nitrogens is 1. The monoisotopic (exact) mass is 607 g/mol. The van der Waals surface area contributed by atoms with Gasteiger partial charge in [0, 0.05) is 34.5 Å². The zero-order chi connectivity index (χ0) is 30.9. The third-order valence-electron chi connectivity index (χ3n) is 8.28. The van der Waals surface area contributed by atoms with Gasteiger partial charge in [-0.1, -0.05) is 6.07 Å². The minimum Gasteiger partial charge on any atom is -0.473 e. The topological polar surface area (TPSA) is 126 Å². The van der Waals surface area contributed by atoms with E-state index in [1.54, 1.807) is 18.5 Å². The number of imidazole rings is 1. The van der Waals surface area contributed by atoms with Crippen LogP contribution in [0.25, 0.3) is 21.8 Å². The number of fused-ring (bicyclic) bond motifs is 3. The molecule has 1 N–H and O–H groups in total. The molecule has 1 saturated heterocycles. The van der Waals surface area contributed by atoms with Crippen LogP contribution in [0.1, 0.15) is 47.2 Å². The molecule has 226 valence electrons. The van der Waals surface area contributed by atoms with Crippen molar-refractivity contribution in [2.75, 3.05) is 13.1 Å². The molecule has 6 aromatic rings. The van der Waals surface area contributed by atoms with Gasteiger partial charge in [0.25, 0.3) is 5.56 Å². The molecule has 1 fully saturated rings. The third-order valence-corrected chi connectivity index (χ3v) is 8.28. The predicted molar refractivity (Wildman–Crippen MR) is 160 cm³/mol. The van der Waals surface area contributed by atoms with Gasteiger partial charge in [-0.25, -0.2) is 23.7 Å². The Morgan fingerprint density at radius 2 is 1.89 bits per heavy atom. The molecule has 4 aromatic heterocycles. The van der Waals surface area contributed by atoms with E-state index in [4.69, 9.17) is 19.4 Å². The van der Waals surface area contributed by atoms with Crippen molar-refractivity contribution in [3.05, 3.63) is 118 Å². The molecule has 0 unspecified atom stereocenters. The lowest BCUT2D eigenvalue weighted by Gasteiger charge is -2.31. The summed E-state index contributed by atoms with van der Waals surface area (Å²) in [7, 11) is 0. The Balaban J connectivity index is 1.08. The molecule has 2 aromatic carbocycles. The lowest BCUT2D eigenvalue weighted by atomic mass is 9.92. The summed E-state index contributed by atoms with van der Waals surface area (Å²) in [5.74, 6) is 0.648. The number of halogens is 2. The molecule has 0 spiro atoms. The first-order valence-electron chi connectivity index (χ1n) is 14.5. The van der Waals surface area contributed by atoms with Gasteiger partial charge in [0.1, 0.15) is 29.8 Å². The van der Waals surface area contributed by atoms with Crippen LogP contribution in [0.4, 0.5) is 8.78 Å². The Labute approximate surface area is 255 Å². The van der Waals surface area contributed by atoms with Crippen LogP contribution in [0.5, 0.6) is 5.88 Å². The van der Waals surface area contributed by atoms with Gasteiger partial charge in [0.2, 0.25) is 5.88 Å². The van der Waals surface area contributed by atoms with E-state index >= 15 is 0 Å². The molecule has 1 aliphatic rings. The number of ether oxygens (including phenoxy) is 1.